The van der Waals surface area contributed by atoms with Crippen molar-refractivity contribution in [2.75, 3.05) is 0 Å². The van der Waals surface area contributed by atoms with Crippen molar-refractivity contribution >= 4 is 0 Å². The van der Waals surface area contributed by atoms with Crippen LogP contribution in [-0.2, 0) is 6.54 Å². The van der Waals surface area contributed by atoms with Crippen molar-refractivity contribution in [3.05, 3.63) is 29.8 Å². The number of nitrogens with one attached hydrogen (secondary N) is 1. The first kappa shape index (κ1) is 14.4. The summed E-state index contributed by atoms with van der Waals surface area (Å²) in [5, 5.41) is 13.5. The summed E-state index contributed by atoms with van der Waals surface area (Å²) in [7, 11) is 0. The molecule has 2 atom stereocenters. The SMILES string of the molecule is CC(C)(C)C1CCCCC1NCc1ccccc1O. The smallest absolute Gasteiger partial charge is 0.120 e. The van der Waals surface area contributed by atoms with Gasteiger partial charge in [-0.3, -0.25) is 0 Å². The topological polar surface area (TPSA) is 32.3 Å². The van der Waals surface area contributed by atoms with Crippen molar-refractivity contribution in [2.24, 2.45) is 11.3 Å². The minimum absolute atomic E-state index is 0.358. The Hall–Kier alpha value is -1.02. The van der Waals surface area contributed by atoms with E-state index in [9.17, 15) is 5.11 Å². The predicted octanol–water partition coefficient (Wildman–Crippen LogP) is 4.09. The van der Waals surface area contributed by atoms with Crippen molar-refractivity contribution in [2.45, 2.75) is 59.0 Å². The third-order valence-corrected chi connectivity index (χ3v) is 4.42. The van der Waals surface area contributed by atoms with Gasteiger partial charge in [0.25, 0.3) is 0 Å². The zero-order chi connectivity index (χ0) is 13.9. The molecular weight excluding hydrogens is 234 g/mol. The molecular formula is C17H27NO. The summed E-state index contributed by atoms with van der Waals surface area (Å²) in [6, 6.07) is 8.19. The van der Waals surface area contributed by atoms with Crippen molar-refractivity contribution in [3.63, 3.8) is 0 Å². The van der Waals surface area contributed by atoms with Gasteiger partial charge >= 0.3 is 0 Å². The second kappa shape index (κ2) is 5.96. The van der Waals surface area contributed by atoms with E-state index < -0.39 is 0 Å². The number of para-hydroxylation sites is 1. The lowest BCUT2D eigenvalue weighted by atomic mass is 9.69. The fourth-order valence-electron chi connectivity index (χ4n) is 3.31. The fourth-order valence-corrected chi connectivity index (χ4v) is 3.31. The summed E-state index contributed by atoms with van der Waals surface area (Å²) in [4.78, 5) is 0. The molecule has 2 rings (SSSR count). The molecule has 1 saturated carbocycles. The Morgan fingerprint density at radius 3 is 2.53 bits per heavy atom. The quantitative estimate of drug-likeness (QED) is 0.859. The first-order valence-electron chi connectivity index (χ1n) is 7.49. The maximum absolute atomic E-state index is 9.83. The molecule has 1 aliphatic rings. The number of aromatic hydroxyl groups is 1. The Kier molecular flexibility index (Phi) is 4.51. The summed E-state index contributed by atoms with van der Waals surface area (Å²) < 4.78 is 0. The largest absolute Gasteiger partial charge is 0.508 e. The lowest BCUT2D eigenvalue weighted by Crippen LogP contribution is -2.43. The summed E-state index contributed by atoms with van der Waals surface area (Å²) in [6.07, 6.45) is 5.26. The highest BCUT2D eigenvalue weighted by molar-refractivity contribution is 5.31. The second-order valence-corrected chi connectivity index (χ2v) is 6.87. The van der Waals surface area contributed by atoms with E-state index in [2.05, 4.69) is 26.1 Å². The lowest BCUT2D eigenvalue weighted by molar-refractivity contribution is 0.130. The molecule has 19 heavy (non-hydrogen) atoms. The normalized spacial score (nSPS) is 24.4. The van der Waals surface area contributed by atoms with Gasteiger partial charge in [-0.25, -0.2) is 0 Å². The molecule has 106 valence electrons. The number of hydrogen-bond acceptors (Lipinski definition) is 2. The van der Waals surface area contributed by atoms with E-state index >= 15 is 0 Å². The summed E-state index contributed by atoms with van der Waals surface area (Å²) in [5.41, 5.74) is 1.36. The van der Waals surface area contributed by atoms with Crippen molar-refractivity contribution < 1.29 is 5.11 Å². The van der Waals surface area contributed by atoms with Gasteiger partial charge in [-0.15, -0.1) is 0 Å². The van der Waals surface area contributed by atoms with Crippen molar-refractivity contribution in [3.8, 4) is 5.75 Å². The molecule has 0 aliphatic heterocycles. The Morgan fingerprint density at radius 2 is 1.84 bits per heavy atom. The van der Waals surface area contributed by atoms with E-state index in [1.165, 1.54) is 25.7 Å². The van der Waals surface area contributed by atoms with Gasteiger partial charge in [0.15, 0.2) is 0 Å². The van der Waals surface area contributed by atoms with E-state index in [1.807, 2.05) is 18.2 Å². The zero-order valence-electron chi connectivity index (χ0n) is 12.4. The minimum atomic E-state index is 0.358. The highest BCUT2D eigenvalue weighted by Crippen LogP contribution is 2.38. The molecule has 0 aromatic heterocycles. The molecule has 0 spiro atoms. The fraction of sp³-hybridized carbons (Fsp3) is 0.647. The molecule has 1 aromatic carbocycles. The maximum Gasteiger partial charge on any atom is 0.120 e. The second-order valence-electron chi connectivity index (χ2n) is 6.87. The highest BCUT2D eigenvalue weighted by atomic mass is 16.3. The van der Waals surface area contributed by atoms with E-state index in [4.69, 9.17) is 0 Å². The standard InChI is InChI=1S/C17H27NO/c1-17(2,3)14-9-5-6-10-15(14)18-12-13-8-4-7-11-16(13)19/h4,7-8,11,14-15,18-19H,5-6,9-10,12H2,1-3H3. The molecule has 0 radical (unpaired) electrons. The van der Waals surface area contributed by atoms with Crippen LogP contribution in [0.15, 0.2) is 24.3 Å². The first-order chi connectivity index (χ1) is 8.98. The number of benzene rings is 1. The van der Waals surface area contributed by atoms with Gasteiger partial charge in [-0.1, -0.05) is 51.8 Å². The van der Waals surface area contributed by atoms with Crippen LogP contribution in [0.5, 0.6) is 5.75 Å². The van der Waals surface area contributed by atoms with Gasteiger partial charge in [-0.05, 0) is 30.2 Å². The molecule has 2 N–H and O–H groups in total. The van der Waals surface area contributed by atoms with Crippen LogP contribution < -0.4 is 5.32 Å². The third kappa shape index (κ3) is 3.73. The zero-order valence-corrected chi connectivity index (χ0v) is 12.4. The van der Waals surface area contributed by atoms with Gasteiger partial charge in [0.05, 0.1) is 0 Å². The lowest BCUT2D eigenvalue weighted by Gasteiger charge is -2.41. The van der Waals surface area contributed by atoms with Crippen molar-refractivity contribution in [1.82, 2.24) is 5.32 Å². The number of phenols is 1. The molecule has 0 saturated heterocycles. The number of phenolic OH excluding ortho intramolecular Hbond substituents is 1. The van der Waals surface area contributed by atoms with Crippen LogP contribution in [-0.4, -0.2) is 11.1 Å². The Labute approximate surface area is 117 Å². The molecule has 0 heterocycles. The monoisotopic (exact) mass is 261 g/mol. The van der Waals surface area contributed by atoms with Gasteiger partial charge in [0.1, 0.15) is 5.75 Å². The molecule has 2 heteroatoms. The summed E-state index contributed by atoms with van der Waals surface area (Å²) in [5.74, 6) is 1.13. The molecule has 1 fully saturated rings. The maximum atomic E-state index is 9.83. The van der Waals surface area contributed by atoms with E-state index in [1.54, 1.807) is 6.07 Å². The molecule has 1 aromatic rings. The van der Waals surface area contributed by atoms with E-state index in [0.717, 1.165) is 18.0 Å². The van der Waals surface area contributed by atoms with Gasteiger partial charge < -0.3 is 10.4 Å². The van der Waals surface area contributed by atoms with Gasteiger partial charge in [0, 0.05) is 18.2 Å². The molecule has 0 bridgehead atoms. The first-order valence-corrected chi connectivity index (χ1v) is 7.49. The Bertz CT molecular complexity index is 408. The summed E-state index contributed by atoms with van der Waals surface area (Å²) >= 11 is 0. The Balaban J connectivity index is 1.99. The molecule has 1 aliphatic carbocycles. The van der Waals surface area contributed by atoms with Crippen LogP contribution in [0.1, 0.15) is 52.0 Å². The van der Waals surface area contributed by atoms with Crippen molar-refractivity contribution in [1.29, 1.82) is 0 Å². The van der Waals surface area contributed by atoms with Crippen LogP contribution in [0.3, 0.4) is 0 Å². The van der Waals surface area contributed by atoms with E-state index in [0.29, 0.717) is 17.2 Å². The average Bonchev–Trinajstić information content (AvgIpc) is 2.37. The van der Waals surface area contributed by atoms with E-state index in [-0.39, 0.29) is 0 Å². The van der Waals surface area contributed by atoms with Crippen LogP contribution >= 0.6 is 0 Å². The predicted molar refractivity (Wildman–Crippen MR) is 80.1 cm³/mol. The third-order valence-electron chi connectivity index (χ3n) is 4.42. The Morgan fingerprint density at radius 1 is 1.16 bits per heavy atom. The van der Waals surface area contributed by atoms with Crippen LogP contribution in [0, 0.1) is 11.3 Å². The van der Waals surface area contributed by atoms with Crippen LogP contribution in [0.2, 0.25) is 0 Å². The minimum Gasteiger partial charge on any atom is -0.508 e. The molecule has 0 amide bonds. The average molecular weight is 261 g/mol. The van der Waals surface area contributed by atoms with Gasteiger partial charge in [-0.2, -0.15) is 0 Å². The van der Waals surface area contributed by atoms with Gasteiger partial charge in [0.2, 0.25) is 0 Å². The summed E-state index contributed by atoms with van der Waals surface area (Å²) in [6.45, 7) is 7.80. The molecule has 2 unspecified atom stereocenters. The highest BCUT2D eigenvalue weighted by Gasteiger charge is 2.33. The number of hydrogen-bond donors (Lipinski definition) is 2. The number of rotatable bonds is 3. The van der Waals surface area contributed by atoms with Crippen LogP contribution in [0.4, 0.5) is 0 Å². The molecule has 2 nitrogen and oxygen atoms in total. The van der Waals surface area contributed by atoms with Crippen LogP contribution in [0.25, 0.3) is 0 Å².